The van der Waals surface area contributed by atoms with E-state index in [0.29, 0.717) is 18.7 Å². The molecule has 0 radical (unpaired) electrons. The molecule has 0 N–H and O–H groups in total. The second-order valence-electron chi connectivity index (χ2n) is 6.77. The molecule has 1 aromatic heterocycles. The minimum absolute atomic E-state index is 0.134. The fraction of sp³-hybridized carbons (Fsp3) is 0.273. The summed E-state index contributed by atoms with van der Waals surface area (Å²) in [6, 6.07) is 16.2. The number of hydrogen-bond donors (Lipinski definition) is 0. The zero-order valence-electron chi connectivity index (χ0n) is 14.9. The van der Waals surface area contributed by atoms with Gasteiger partial charge in [0, 0.05) is 30.6 Å². The van der Waals surface area contributed by atoms with Crippen LogP contribution in [0.5, 0.6) is 0 Å². The van der Waals surface area contributed by atoms with Crippen LogP contribution < -0.4 is 4.90 Å². The van der Waals surface area contributed by atoms with Crippen molar-refractivity contribution < 1.29 is 9.21 Å². The number of amides is 1. The van der Waals surface area contributed by atoms with Crippen molar-refractivity contribution in [2.24, 2.45) is 0 Å². The molecule has 0 saturated carbocycles. The van der Waals surface area contributed by atoms with Crippen molar-refractivity contribution in [1.29, 1.82) is 0 Å². The Kier molecular flexibility index (Phi) is 4.57. The van der Waals surface area contributed by atoms with E-state index in [9.17, 15) is 4.79 Å². The van der Waals surface area contributed by atoms with Crippen LogP contribution in [0.4, 0.5) is 5.69 Å². The molecule has 4 heteroatoms. The number of nitrogens with zero attached hydrogens (tertiary/aromatic N) is 2. The molecule has 26 heavy (non-hydrogen) atoms. The minimum Gasteiger partial charge on any atom is -0.441 e. The Morgan fingerprint density at radius 2 is 2.04 bits per heavy atom. The maximum Gasteiger partial charge on any atom is 0.227 e. The first-order valence-electron chi connectivity index (χ1n) is 9.11. The summed E-state index contributed by atoms with van der Waals surface area (Å²) >= 11 is 0. The highest BCUT2D eigenvalue weighted by molar-refractivity contribution is 5.94. The first-order chi connectivity index (χ1) is 12.7. The smallest absolute Gasteiger partial charge is 0.227 e. The molecule has 0 aliphatic carbocycles. The van der Waals surface area contributed by atoms with E-state index in [1.54, 1.807) is 6.20 Å². The third-order valence-corrected chi connectivity index (χ3v) is 4.82. The maximum atomic E-state index is 12.8. The lowest BCUT2D eigenvalue weighted by molar-refractivity contribution is -0.118. The van der Waals surface area contributed by atoms with Crippen LogP contribution in [0.25, 0.3) is 11.3 Å². The van der Waals surface area contributed by atoms with Gasteiger partial charge in [-0.05, 0) is 31.4 Å². The fourth-order valence-corrected chi connectivity index (χ4v) is 3.50. The molecule has 132 valence electrons. The van der Waals surface area contributed by atoms with Crippen molar-refractivity contribution in [2.45, 2.75) is 32.6 Å². The Morgan fingerprint density at radius 3 is 2.88 bits per heavy atom. The summed E-state index contributed by atoms with van der Waals surface area (Å²) in [5, 5.41) is 0. The number of carbonyl (C=O) groups is 1. The van der Waals surface area contributed by atoms with Crippen LogP contribution in [0.15, 0.2) is 59.1 Å². The maximum absolute atomic E-state index is 12.8. The van der Waals surface area contributed by atoms with Gasteiger partial charge in [0.2, 0.25) is 5.91 Å². The van der Waals surface area contributed by atoms with Crippen LogP contribution in [-0.4, -0.2) is 17.4 Å². The van der Waals surface area contributed by atoms with Gasteiger partial charge in [0.25, 0.3) is 0 Å². The van der Waals surface area contributed by atoms with Gasteiger partial charge in [0.1, 0.15) is 0 Å². The lowest BCUT2D eigenvalue weighted by atomic mass is 9.99. The molecule has 4 nitrogen and oxygen atoms in total. The number of fused-ring (bicyclic) bond motifs is 1. The van der Waals surface area contributed by atoms with E-state index < -0.39 is 0 Å². The van der Waals surface area contributed by atoms with E-state index in [0.717, 1.165) is 36.4 Å². The number of benzene rings is 2. The lowest BCUT2D eigenvalue weighted by Gasteiger charge is -2.29. The summed E-state index contributed by atoms with van der Waals surface area (Å²) in [4.78, 5) is 19.0. The molecular weight excluding hydrogens is 324 g/mol. The Hall–Kier alpha value is -2.88. The van der Waals surface area contributed by atoms with Gasteiger partial charge in [0.15, 0.2) is 11.7 Å². The first-order valence-corrected chi connectivity index (χ1v) is 9.11. The summed E-state index contributed by atoms with van der Waals surface area (Å²) in [6.45, 7) is 2.88. The molecule has 2 heterocycles. The topological polar surface area (TPSA) is 46.3 Å². The predicted octanol–water partition coefficient (Wildman–Crippen LogP) is 4.56. The number of carbonyl (C=O) groups excluding carboxylic acids is 1. The fourth-order valence-electron chi connectivity index (χ4n) is 3.50. The zero-order chi connectivity index (χ0) is 17.9. The molecule has 1 aliphatic heterocycles. The minimum atomic E-state index is 0.134. The van der Waals surface area contributed by atoms with Gasteiger partial charge in [-0.3, -0.25) is 4.79 Å². The summed E-state index contributed by atoms with van der Waals surface area (Å²) in [5.74, 6) is 1.49. The highest BCUT2D eigenvalue weighted by Gasteiger charge is 2.22. The number of aromatic nitrogens is 1. The number of aryl methyl sites for hydroxylation is 3. The predicted molar refractivity (Wildman–Crippen MR) is 102 cm³/mol. The van der Waals surface area contributed by atoms with E-state index in [1.165, 1.54) is 11.1 Å². The molecule has 0 unspecified atom stereocenters. The monoisotopic (exact) mass is 346 g/mol. The van der Waals surface area contributed by atoms with Crippen molar-refractivity contribution in [3.63, 3.8) is 0 Å². The van der Waals surface area contributed by atoms with E-state index in [4.69, 9.17) is 4.42 Å². The third-order valence-electron chi connectivity index (χ3n) is 4.82. The van der Waals surface area contributed by atoms with Crippen LogP contribution >= 0.6 is 0 Å². The van der Waals surface area contributed by atoms with E-state index in [-0.39, 0.29) is 5.91 Å². The van der Waals surface area contributed by atoms with Gasteiger partial charge in [-0.2, -0.15) is 0 Å². The van der Waals surface area contributed by atoms with Crippen LogP contribution in [0.3, 0.4) is 0 Å². The van der Waals surface area contributed by atoms with Gasteiger partial charge in [0.05, 0.1) is 6.20 Å². The van der Waals surface area contributed by atoms with E-state index in [1.807, 2.05) is 35.2 Å². The first kappa shape index (κ1) is 16.6. The number of anilines is 1. The molecule has 0 saturated heterocycles. The largest absolute Gasteiger partial charge is 0.441 e. The van der Waals surface area contributed by atoms with Crippen LogP contribution in [0, 0.1) is 6.92 Å². The Bertz CT molecular complexity index is 915. The SMILES string of the molecule is Cc1ccc2c(c1)CCCN2C(=O)CCc1ncc(-c2ccccc2)o1. The second-order valence-corrected chi connectivity index (χ2v) is 6.77. The quantitative estimate of drug-likeness (QED) is 0.695. The summed E-state index contributed by atoms with van der Waals surface area (Å²) in [7, 11) is 0. The van der Waals surface area contributed by atoms with Crippen LogP contribution in [0.1, 0.15) is 29.9 Å². The Labute approximate surface area is 153 Å². The van der Waals surface area contributed by atoms with Gasteiger partial charge in [-0.15, -0.1) is 0 Å². The number of oxazole rings is 1. The summed E-state index contributed by atoms with van der Waals surface area (Å²) in [6.07, 6.45) is 4.71. The molecule has 1 aliphatic rings. The van der Waals surface area contributed by atoms with Crippen molar-refractivity contribution in [3.8, 4) is 11.3 Å². The number of rotatable bonds is 4. The van der Waals surface area contributed by atoms with Gasteiger partial charge < -0.3 is 9.32 Å². The van der Waals surface area contributed by atoms with Gasteiger partial charge in [-0.25, -0.2) is 4.98 Å². The van der Waals surface area contributed by atoms with Crippen molar-refractivity contribution in [1.82, 2.24) is 4.98 Å². The summed E-state index contributed by atoms with van der Waals surface area (Å²) < 4.78 is 5.81. The molecular formula is C22H22N2O2. The third kappa shape index (κ3) is 3.40. The number of hydrogen-bond acceptors (Lipinski definition) is 3. The molecule has 2 aromatic carbocycles. The van der Waals surface area contributed by atoms with Crippen LogP contribution in [0.2, 0.25) is 0 Å². The lowest BCUT2D eigenvalue weighted by Crippen LogP contribution is -2.35. The Balaban J connectivity index is 1.43. The average molecular weight is 346 g/mol. The molecule has 0 atom stereocenters. The normalized spacial score (nSPS) is 13.5. The average Bonchev–Trinajstić information content (AvgIpc) is 3.15. The standard InChI is InChI=1S/C22H22N2O2/c1-16-9-10-19-18(14-16)8-5-13-24(19)22(25)12-11-21-23-15-20(26-21)17-6-3-2-4-7-17/h2-4,6-7,9-10,14-15H,5,8,11-13H2,1H3. The van der Waals surface area contributed by atoms with Gasteiger partial charge >= 0.3 is 0 Å². The van der Waals surface area contributed by atoms with Crippen LogP contribution in [-0.2, 0) is 17.6 Å². The van der Waals surface area contributed by atoms with E-state index >= 15 is 0 Å². The van der Waals surface area contributed by atoms with Crippen molar-refractivity contribution in [3.05, 3.63) is 71.7 Å². The molecule has 1 amide bonds. The zero-order valence-corrected chi connectivity index (χ0v) is 14.9. The highest BCUT2D eigenvalue weighted by Crippen LogP contribution is 2.29. The molecule has 4 rings (SSSR count). The summed E-state index contributed by atoms with van der Waals surface area (Å²) in [5.41, 5.74) is 4.57. The van der Waals surface area contributed by atoms with Crippen molar-refractivity contribution >= 4 is 11.6 Å². The molecule has 3 aromatic rings. The molecule has 0 fully saturated rings. The molecule has 0 bridgehead atoms. The highest BCUT2D eigenvalue weighted by atomic mass is 16.4. The van der Waals surface area contributed by atoms with E-state index in [2.05, 4.69) is 30.1 Å². The second kappa shape index (κ2) is 7.16. The van der Waals surface area contributed by atoms with Gasteiger partial charge in [-0.1, -0.05) is 48.0 Å². The molecule has 0 spiro atoms. The Morgan fingerprint density at radius 1 is 1.19 bits per heavy atom. The van der Waals surface area contributed by atoms with Crippen molar-refractivity contribution in [2.75, 3.05) is 11.4 Å².